The van der Waals surface area contributed by atoms with Crippen LogP contribution >= 0.6 is 0 Å². The van der Waals surface area contributed by atoms with E-state index in [1.807, 2.05) is 18.2 Å². The van der Waals surface area contributed by atoms with Crippen LogP contribution in [-0.2, 0) is 4.79 Å². The van der Waals surface area contributed by atoms with Gasteiger partial charge in [-0.25, -0.2) is 5.43 Å². The molecule has 9 heteroatoms. The van der Waals surface area contributed by atoms with Crippen LogP contribution in [0.4, 0.5) is 5.69 Å². The molecule has 0 saturated carbocycles. The van der Waals surface area contributed by atoms with E-state index in [0.29, 0.717) is 5.52 Å². The van der Waals surface area contributed by atoms with Crippen molar-refractivity contribution in [1.82, 2.24) is 10.4 Å². The van der Waals surface area contributed by atoms with Crippen LogP contribution in [0.1, 0.15) is 5.56 Å². The summed E-state index contributed by atoms with van der Waals surface area (Å²) in [6.07, 6.45) is 1.22. The molecule has 3 rings (SSSR count). The normalized spacial score (nSPS) is 10.8. The first-order valence-electron chi connectivity index (χ1n) is 7.85. The second kappa shape index (κ2) is 7.91. The summed E-state index contributed by atoms with van der Waals surface area (Å²) >= 11 is 0. The third kappa shape index (κ3) is 4.34. The van der Waals surface area contributed by atoms with Crippen molar-refractivity contribution in [3.8, 4) is 5.75 Å². The minimum absolute atomic E-state index is 0.0207. The fourth-order valence-electron chi connectivity index (χ4n) is 2.34. The topological polar surface area (TPSA) is 127 Å². The summed E-state index contributed by atoms with van der Waals surface area (Å²) in [4.78, 5) is 36.8. The molecule has 3 aromatic rings. The van der Waals surface area contributed by atoms with E-state index in [1.54, 1.807) is 18.2 Å². The number of nitro benzene ring substituents is 1. The lowest BCUT2D eigenvalue weighted by Crippen LogP contribution is -2.25. The summed E-state index contributed by atoms with van der Waals surface area (Å²) in [5, 5.41) is 15.4. The lowest BCUT2D eigenvalue weighted by atomic mass is 10.2. The van der Waals surface area contributed by atoms with Gasteiger partial charge in [0.05, 0.1) is 16.7 Å². The van der Waals surface area contributed by atoms with Gasteiger partial charge in [0, 0.05) is 11.6 Å². The zero-order valence-corrected chi connectivity index (χ0v) is 13.9. The van der Waals surface area contributed by atoms with E-state index in [0.717, 1.165) is 5.39 Å². The minimum atomic E-state index is -0.624. The number of fused-ring (bicyclic) bond motifs is 1. The van der Waals surface area contributed by atoms with E-state index < -0.39 is 17.4 Å². The number of aromatic amines is 1. The Morgan fingerprint density at radius 3 is 2.78 bits per heavy atom. The standard InChI is InChI=1S/C18H14N4O5/c23-17(11-27-16-8-4-3-7-15(16)22(25)26)21-19-10-13-9-12-5-1-2-6-14(12)20-18(13)24/h1-10H,11H2,(H,20,24)(H,21,23). The molecule has 1 heterocycles. The highest BCUT2D eigenvalue weighted by atomic mass is 16.6. The smallest absolute Gasteiger partial charge is 0.310 e. The lowest BCUT2D eigenvalue weighted by molar-refractivity contribution is -0.385. The number of aromatic nitrogens is 1. The number of H-pyrrole nitrogens is 1. The summed E-state index contributed by atoms with van der Waals surface area (Å²) in [7, 11) is 0. The molecule has 0 aliphatic carbocycles. The van der Waals surface area contributed by atoms with Gasteiger partial charge in [-0.05, 0) is 23.6 Å². The predicted octanol–water partition coefficient (Wildman–Crippen LogP) is 1.97. The number of nitrogens with one attached hydrogen (secondary N) is 2. The number of nitrogens with zero attached hydrogens (tertiary/aromatic N) is 2. The highest BCUT2D eigenvalue weighted by Gasteiger charge is 2.14. The number of hydrogen-bond donors (Lipinski definition) is 2. The second-order valence-electron chi connectivity index (χ2n) is 5.45. The van der Waals surface area contributed by atoms with Crippen LogP contribution in [0.25, 0.3) is 10.9 Å². The van der Waals surface area contributed by atoms with Crippen LogP contribution in [0.3, 0.4) is 0 Å². The Bertz CT molecular complexity index is 1090. The number of carbonyl (C=O) groups is 1. The van der Waals surface area contributed by atoms with Gasteiger partial charge in [-0.1, -0.05) is 30.3 Å². The number of ether oxygens (including phenoxy) is 1. The fourth-order valence-corrected chi connectivity index (χ4v) is 2.34. The maximum Gasteiger partial charge on any atom is 0.310 e. The molecule has 2 aromatic carbocycles. The molecule has 0 aliphatic rings. The van der Waals surface area contributed by atoms with Crippen LogP contribution in [0.5, 0.6) is 5.75 Å². The molecule has 0 atom stereocenters. The molecule has 0 bridgehead atoms. The molecule has 0 aliphatic heterocycles. The zero-order valence-electron chi connectivity index (χ0n) is 13.9. The molecular formula is C18H14N4O5. The molecule has 0 radical (unpaired) electrons. The zero-order chi connectivity index (χ0) is 19.2. The number of amides is 1. The number of hydrazone groups is 1. The largest absolute Gasteiger partial charge is 0.477 e. The Labute approximate surface area is 152 Å². The van der Waals surface area contributed by atoms with Crippen LogP contribution in [0.2, 0.25) is 0 Å². The fraction of sp³-hybridized carbons (Fsp3) is 0.0556. The van der Waals surface area contributed by atoms with Crippen molar-refractivity contribution < 1.29 is 14.5 Å². The number of hydrogen-bond acceptors (Lipinski definition) is 6. The third-order valence-electron chi connectivity index (χ3n) is 3.60. The third-order valence-corrected chi connectivity index (χ3v) is 3.60. The van der Waals surface area contributed by atoms with Crippen LogP contribution in [-0.4, -0.2) is 28.6 Å². The molecule has 27 heavy (non-hydrogen) atoms. The van der Waals surface area contributed by atoms with Crippen molar-refractivity contribution in [2.75, 3.05) is 6.61 Å². The average molecular weight is 366 g/mol. The minimum Gasteiger partial charge on any atom is -0.477 e. The van der Waals surface area contributed by atoms with Gasteiger partial charge < -0.3 is 9.72 Å². The van der Waals surface area contributed by atoms with Gasteiger partial charge in [0.1, 0.15) is 0 Å². The maximum atomic E-state index is 12.0. The molecular weight excluding hydrogens is 352 g/mol. The Morgan fingerprint density at radius 1 is 1.22 bits per heavy atom. The number of rotatable bonds is 6. The quantitative estimate of drug-likeness (QED) is 0.392. The summed E-state index contributed by atoms with van der Waals surface area (Å²) < 4.78 is 5.15. The van der Waals surface area contributed by atoms with E-state index in [9.17, 15) is 19.7 Å². The number of nitro groups is 1. The number of benzene rings is 2. The molecule has 0 saturated heterocycles. The van der Waals surface area contributed by atoms with Crippen LogP contribution in [0.15, 0.2) is 64.5 Å². The van der Waals surface area contributed by atoms with Gasteiger partial charge in [-0.15, -0.1) is 0 Å². The van der Waals surface area contributed by atoms with Crippen LogP contribution in [0, 0.1) is 10.1 Å². The molecule has 0 fully saturated rings. The van der Waals surface area contributed by atoms with Crippen molar-refractivity contribution >= 4 is 28.7 Å². The SMILES string of the molecule is O=C(COc1ccccc1[N+](=O)[O-])NN=Cc1cc2ccccc2[nH]c1=O. The predicted molar refractivity (Wildman–Crippen MR) is 98.9 cm³/mol. The summed E-state index contributed by atoms with van der Waals surface area (Å²) in [6.45, 7) is -0.462. The maximum absolute atomic E-state index is 12.0. The first-order chi connectivity index (χ1) is 13.0. The summed E-state index contributed by atoms with van der Waals surface area (Å²) in [6, 6.07) is 14.6. The van der Waals surface area contributed by atoms with Crippen molar-refractivity contribution in [3.05, 3.63) is 80.6 Å². The Kier molecular flexibility index (Phi) is 5.22. The van der Waals surface area contributed by atoms with Gasteiger partial charge in [-0.3, -0.25) is 19.7 Å². The van der Waals surface area contributed by atoms with Crippen molar-refractivity contribution in [1.29, 1.82) is 0 Å². The van der Waals surface area contributed by atoms with Crippen molar-refractivity contribution in [3.63, 3.8) is 0 Å². The second-order valence-corrected chi connectivity index (χ2v) is 5.45. The molecule has 1 amide bonds. The Morgan fingerprint density at radius 2 is 1.96 bits per heavy atom. The van der Waals surface area contributed by atoms with Gasteiger partial charge in [0.15, 0.2) is 12.4 Å². The van der Waals surface area contributed by atoms with E-state index >= 15 is 0 Å². The van der Waals surface area contributed by atoms with E-state index in [1.165, 1.54) is 24.4 Å². The summed E-state index contributed by atoms with van der Waals surface area (Å²) in [5.41, 5.74) is 2.59. The van der Waals surface area contributed by atoms with Crippen molar-refractivity contribution in [2.24, 2.45) is 5.10 Å². The molecule has 136 valence electrons. The first kappa shape index (κ1) is 17.8. The molecule has 2 N–H and O–H groups in total. The van der Waals surface area contributed by atoms with Gasteiger partial charge in [-0.2, -0.15) is 5.10 Å². The number of para-hydroxylation sites is 3. The molecule has 1 aromatic heterocycles. The lowest BCUT2D eigenvalue weighted by Gasteiger charge is -2.05. The van der Waals surface area contributed by atoms with E-state index in [2.05, 4.69) is 15.5 Å². The highest BCUT2D eigenvalue weighted by Crippen LogP contribution is 2.25. The molecule has 0 spiro atoms. The number of pyridine rings is 1. The average Bonchev–Trinajstić information content (AvgIpc) is 2.67. The van der Waals surface area contributed by atoms with Gasteiger partial charge in [0.25, 0.3) is 11.5 Å². The Hall–Kier alpha value is -4.01. The van der Waals surface area contributed by atoms with Crippen molar-refractivity contribution in [2.45, 2.75) is 0 Å². The number of carbonyl (C=O) groups excluding carboxylic acids is 1. The highest BCUT2D eigenvalue weighted by molar-refractivity contribution is 5.88. The first-order valence-corrected chi connectivity index (χ1v) is 7.85. The van der Waals surface area contributed by atoms with Crippen LogP contribution < -0.4 is 15.7 Å². The molecule has 9 nitrogen and oxygen atoms in total. The monoisotopic (exact) mass is 366 g/mol. The Balaban J connectivity index is 1.62. The van der Waals surface area contributed by atoms with Gasteiger partial charge in [0.2, 0.25) is 0 Å². The molecule has 0 unspecified atom stereocenters. The summed E-state index contributed by atoms with van der Waals surface area (Å²) in [5.74, 6) is -0.644. The van der Waals surface area contributed by atoms with E-state index in [4.69, 9.17) is 4.74 Å². The van der Waals surface area contributed by atoms with Gasteiger partial charge >= 0.3 is 5.69 Å². The van der Waals surface area contributed by atoms with E-state index in [-0.39, 0.29) is 22.6 Å².